The van der Waals surface area contributed by atoms with Gasteiger partial charge in [-0.2, -0.15) is 0 Å². The predicted octanol–water partition coefficient (Wildman–Crippen LogP) is 4.11. The maximum atomic E-state index is 6.36. The lowest BCUT2D eigenvalue weighted by Crippen LogP contribution is -2.15. The van der Waals surface area contributed by atoms with Gasteiger partial charge in [0.2, 0.25) is 5.95 Å². The topological polar surface area (TPSA) is 125 Å². The van der Waals surface area contributed by atoms with Crippen LogP contribution in [0.4, 0.5) is 17.3 Å². The Hall–Kier alpha value is -3.61. The van der Waals surface area contributed by atoms with E-state index in [4.69, 9.17) is 21.9 Å². The minimum atomic E-state index is 0.269. The van der Waals surface area contributed by atoms with E-state index in [2.05, 4.69) is 15.0 Å². The number of ether oxygens (including phenoxy) is 1. The summed E-state index contributed by atoms with van der Waals surface area (Å²) < 4.78 is 6.13. The van der Waals surface area contributed by atoms with Crippen molar-refractivity contribution in [1.82, 2.24) is 9.97 Å². The fourth-order valence-corrected chi connectivity index (χ4v) is 4.14. The van der Waals surface area contributed by atoms with Gasteiger partial charge >= 0.3 is 0 Å². The Morgan fingerprint density at radius 3 is 2.52 bits per heavy atom. The van der Waals surface area contributed by atoms with Crippen LogP contribution in [0.1, 0.15) is 42.9 Å². The minimum absolute atomic E-state index is 0.269. The summed E-state index contributed by atoms with van der Waals surface area (Å²) >= 11 is 0. The number of nitrogen functional groups attached to an aromatic ring is 2. The molecule has 6 N–H and O–H groups in total. The second-order valence-electron chi connectivity index (χ2n) is 7.52. The van der Waals surface area contributed by atoms with Crippen LogP contribution in [0.3, 0.4) is 0 Å². The number of anilines is 2. The maximum Gasteiger partial charge on any atom is 0.220 e. The highest BCUT2D eigenvalue weighted by atomic mass is 16.5. The second kappa shape index (κ2) is 6.77. The molecule has 1 aliphatic heterocycles. The average molecular weight is 386 g/mol. The van der Waals surface area contributed by atoms with Gasteiger partial charge in [-0.05, 0) is 43.2 Å². The standard InChI is InChI=1S/C22H22N6O/c23-14-9-13(17-11-16(27-22(25)28-17)12-5-1-2-6-12)10-19-20(14)21(24)26-15-7-3-4-8-18(15)29-19/h3-4,7-12H,1-2,5-6,23H2,(H2,24,26)(H2,25,27,28). The van der Waals surface area contributed by atoms with Crippen LogP contribution < -0.4 is 21.9 Å². The first-order valence-corrected chi connectivity index (χ1v) is 9.78. The van der Waals surface area contributed by atoms with Crippen LogP contribution in [-0.4, -0.2) is 15.8 Å². The number of rotatable bonds is 2. The molecule has 0 saturated heterocycles. The van der Waals surface area contributed by atoms with E-state index < -0.39 is 0 Å². The number of aliphatic imine (C=N–C) groups is 1. The Morgan fingerprint density at radius 2 is 1.69 bits per heavy atom. The lowest BCUT2D eigenvalue weighted by molar-refractivity contribution is 0.485. The van der Waals surface area contributed by atoms with Crippen molar-refractivity contribution in [2.24, 2.45) is 10.7 Å². The molecule has 2 heterocycles. The van der Waals surface area contributed by atoms with Crippen molar-refractivity contribution >= 4 is 23.2 Å². The summed E-state index contributed by atoms with van der Waals surface area (Å²) in [6.07, 6.45) is 4.72. The van der Waals surface area contributed by atoms with E-state index in [1.54, 1.807) is 0 Å². The molecule has 1 fully saturated rings. The molecule has 5 rings (SSSR count). The fraction of sp³-hybridized carbons (Fsp3) is 0.227. The largest absolute Gasteiger partial charge is 0.454 e. The monoisotopic (exact) mass is 386 g/mol. The van der Waals surface area contributed by atoms with E-state index >= 15 is 0 Å². The van der Waals surface area contributed by atoms with Crippen molar-refractivity contribution in [3.05, 3.63) is 53.7 Å². The molecule has 0 radical (unpaired) electrons. The van der Waals surface area contributed by atoms with E-state index in [1.165, 1.54) is 12.8 Å². The number of fused-ring (bicyclic) bond motifs is 2. The Morgan fingerprint density at radius 1 is 0.897 bits per heavy atom. The third-order valence-corrected chi connectivity index (χ3v) is 5.55. The van der Waals surface area contributed by atoms with Gasteiger partial charge in [0.05, 0.1) is 11.3 Å². The van der Waals surface area contributed by atoms with Crippen molar-refractivity contribution in [2.75, 3.05) is 11.5 Å². The molecule has 29 heavy (non-hydrogen) atoms. The molecule has 146 valence electrons. The van der Waals surface area contributed by atoms with Gasteiger partial charge in [-0.3, -0.25) is 0 Å². The molecule has 7 nitrogen and oxygen atoms in total. The molecule has 0 spiro atoms. The van der Waals surface area contributed by atoms with Gasteiger partial charge < -0.3 is 21.9 Å². The molecule has 1 saturated carbocycles. The Kier molecular flexibility index (Phi) is 4.08. The highest BCUT2D eigenvalue weighted by Gasteiger charge is 2.23. The SMILES string of the molecule is NC1=Nc2ccccc2Oc2cc(-c3cc(C4CCCC4)nc(N)n3)cc(N)c21. The third kappa shape index (κ3) is 3.14. The number of nitrogens with two attached hydrogens (primary N) is 3. The number of hydrogen-bond acceptors (Lipinski definition) is 7. The van der Waals surface area contributed by atoms with Crippen molar-refractivity contribution in [3.63, 3.8) is 0 Å². The summed E-state index contributed by atoms with van der Waals surface area (Å²) in [6, 6.07) is 13.2. The highest BCUT2D eigenvalue weighted by molar-refractivity contribution is 6.07. The smallest absolute Gasteiger partial charge is 0.220 e. The van der Waals surface area contributed by atoms with Crippen LogP contribution in [0.25, 0.3) is 11.3 Å². The van der Waals surface area contributed by atoms with Gasteiger partial charge in [0.25, 0.3) is 0 Å². The first kappa shape index (κ1) is 17.5. The summed E-state index contributed by atoms with van der Waals surface area (Å²) in [4.78, 5) is 13.4. The number of aromatic nitrogens is 2. The van der Waals surface area contributed by atoms with Crippen LogP contribution >= 0.6 is 0 Å². The van der Waals surface area contributed by atoms with Crippen LogP contribution in [0.5, 0.6) is 11.5 Å². The minimum Gasteiger partial charge on any atom is -0.454 e. The maximum absolute atomic E-state index is 6.36. The molecule has 0 amide bonds. The van der Waals surface area contributed by atoms with Crippen LogP contribution in [-0.2, 0) is 0 Å². The zero-order valence-corrected chi connectivity index (χ0v) is 15.9. The second-order valence-corrected chi connectivity index (χ2v) is 7.52. The molecular weight excluding hydrogens is 364 g/mol. The van der Waals surface area contributed by atoms with Gasteiger partial charge in [-0.15, -0.1) is 0 Å². The molecule has 7 heteroatoms. The molecule has 0 bridgehead atoms. The number of para-hydroxylation sites is 2. The van der Waals surface area contributed by atoms with Crippen molar-refractivity contribution in [1.29, 1.82) is 0 Å². The molecule has 3 aromatic rings. The number of hydrogen-bond donors (Lipinski definition) is 3. The van der Waals surface area contributed by atoms with Crippen molar-refractivity contribution in [3.8, 4) is 22.8 Å². The van der Waals surface area contributed by atoms with Crippen LogP contribution in [0, 0.1) is 0 Å². The van der Waals surface area contributed by atoms with E-state index in [9.17, 15) is 0 Å². The van der Waals surface area contributed by atoms with E-state index in [0.29, 0.717) is 40.2 Å². The summed E-state index contributed by atoms with van der Waals surface area (Å²) in [7, 11) is 0. The van der Waals surface area contributed by atoms with E-state index in [0.717, 1.165) is 29.8 Å². The lowest BCUT2D eigenvalue weighted by Gasteiger charge is -2.15. The van der Waals surface area contributed by atoms with E-state index in [1.807, 2.05) is 42.5 Å². The molecule has 0 unspecified atom stereocenters. The zero-order chi connectivity index (χ0) is 20.0. The van der Waals surface area contributed by atoms with E-state index in [-0.39, 0.29) is 5.95 Å². The summed E-state index contributed by atoms with van der Waals surface area (Å²) in [5.74, 6) is 2.20. The molecule has 0 atom stereocenters. The molecule has 2 aliphatic rings. The van der Waals surface area contributed by atoms with Crippen LogP contribution in [0.2, 0.25) is 0 Å². The van der Waals surface area contributed by atoms with Crippen molar-refractivity contribution < 1.29 is 4.74 Å². The normalized spacial score (nSPS) is 15.8. The molecule has 1 aliphatic carbocycles. The van der Waals surface area contributed by atoms with Gasteiger partial charge in [0, 0.05) is 22.9 Å². The summed E-state index contributed by atoms with van der Waals surface area (Å²) in [5.41, 5.74) is 22.9. The number of amidine groups is 1. The average Bonchev–Trinajstić information content (AvgIpc) is 3.19. The van der Waals surface area contributed by atoms with Gasteiger partial charge in [0.1, 0.15) is 17.3 Å². The Bertz CT molecular complexity index is 1130. The molecular formula is C22H22N6O. The number of benzene rings is 2. The Labute approximate surface area is 168 Å². The zero-order valence-electron chi connectivity index (χ0n) is 15.9. The molecule has 1 aromatic heterocycles. The predicted molar refractivity (Wildman–Crippen MR) is 114 cm³/mol. The van der Waals surface area contributed by atoms with Gasteiger partial charge in [-0.25, -0.2) is 15.0 Å². The highest BCUT2D eigenvalue weighted by Crippen LogP contribution is 2.41. The first-order chi connectivity index (χ1) is 14.1. The van der Waals surface area contributed by atoms with Crippen LogP contribution in [0.15, 0.2) is 47.5 Å². The fourth-order valence-electron chi connectivity index (χ4n) is 4.14. The Balaban J connectivity index is 1.62. The quantitative estimate of drug-likeness (QED) is 0.569. The summed E-state index contributed by atoms with van der Waals surface area (Å²) in [6.45, 7) is 0. The first-order valence-electron chi connectivity index (χ1n) is 9.78. The van der Waals surface area contributed by atoms with Gasteiger partial charge in [-0.1, -0.05) is 25.0 Å². The lowest BCUT2D eigenvalue weighted by atomic mass is 10.00. The third-order valence-electron chi connectivity index (χ3n) is 5.55. The van der Waals surface area contributed by atoms with Gasteiger partial charge in [0.15, 0.2) is 5.75 Å². The summed E-state index contributed by atoms with van der Waals surface area (Å²) in [5, 5.41) is 0. The van der Waals surface area contributed by atoms with Crippen molar-refractivity contribution in [2.45, 2.75) is 31.6 Å². The number of nitrogens with zero attached hydrogens (tertiary/aromatic N) is 3. The molecule has 2 aromatic carbocycles.